The number of hydrogen-bond donors (Lipinski definition) is 5. The molecule has 1 aliphatic rings. The maximum absolute atomic E-state index is 14.0. The Hall–Kier alpha value is -4.18. The van der Waals surface area contributed by atoms with E-state index in [1.54, 1.807) is 0 Å². The van der Waals surface area contributed by atoms with Crippen LogP contribution < -0.4 is 21.3 Å². The van der Waals surface area contributed by atoms with E-state index in [-0.39, 0.29) is 42.8 Å². The Morgan fingerprint density at radius 1 is 0.800 bits per heavy atom. The summed E-state index contributed by atoms with van der Waals surface area (Å²) in [6, 6.07) is 16.0. The molecule has 0 aliphatic heterocycles. The van der Waals surface area contributed by atoms with Crippen LogP contribution in [0.4, 0.5) is 4.79 Å². The maximum atomic E-state index is 14.0. The minimum atomic E-state index is -1.04. The van der Waals surface area contributed by atoms with Gasteiger partial charge in [-0.2, -0.15) is 0 Å². The lowest BCUT2D eigenvalue weighted by Crippen LogP contribution is -2.57. The number of alkyl carbamates (subject to hydrolysis) is 1. The molecule has 5 N–H and O–H groups in total. The summed E-state index contributed by atoms with van der Waals surface area (Å²) in [4.78, 5) is 53.4. The van der Waals surface area contributed by atoms with Crippen molar-refractivity contribution in [3.05, 3.63) is 83.9 Å². The van der Waals surface area contributed by atoms with Crippen LogP contribution in [0.3, 0.4) is 0 Å². The van der Waals surface area contributed by atoms with Crippen molar-refractivity contribution in [2.24, 2.45) is 17.8 Å². The summed E-state index contributed by atoms with van der Waals surface area (Å²) in [6.07, 6.45) is 4.69. The highest BCUT2D eigenvalue weighted by Crippen LogP contribution is 2.29. The fourth-order valence-corrected chi connectivity index (χ4v) is 6.23. The molecule has 0 heterocycles. The molecule has 1 saturated carbocycles. The molecule has 0 radical (unpaired) electrons. The van der Waals surface area contributed by atoms with Crippen LogP contribution in [0.25, 0.3) is 0 Å². The van der Waals surface area contributed by atoms with E-state index in [4.69, 9.17) is 4.74 Å². The Labute approximate surface area is 298 Å². The number of ether oxygens (including phenoxy) is 1. The Balaban J connectivity index is 1.75. The van der Waals surface area contributed by atoms with Crippen molar-refractivity contribution in [2.45, 2.75) is 116 Å². The Bertz CT molecular complexity index is 1360. The smallest absolute Gasteiger partial charge is 0.408 e. The molecule has 10 heteroatoms. The zero-order valence-electron chi connectivity index (χ0n) is 30.3. The molecule has 0 saturated heterocycles. The van der Waals surface area contributed by atoms with Gasteiger partial charge in [-0.05, 0) is 41.7 Å². The fourth-order valence-electron chi connectivity index (χ4n) is 6.23. The number of hydrogen-bond acceptors (Lipinski definition) is 6. The highest BCUT2D eigenvalue weighted by molar-refractivity contribution is 5.93. The van der Waals surface area contributed by atoms with Crippen LogP contribution in [0.15, 0.2) is 72.8 Å². The SMILES string of the molecule is C=C(C[C@H](O)[C@H](CC1CCCCC1)NC(=O)[C@H](CC(C)C)NC(=O)[C@H](Cc1ccccc1)NC(=O)OCc1ccccc1)C(=O)NCC(C)C. The summed E-state index contributed by atoms with van der Waals surface area (Å²) >= 11 is 0. The van der Waals surface area contributed by atoms with Crippen LogP contribution >= 0.6 is 0 Å². The van der Waals surface area contributed by atoms with Crippen molar-refractivity contribution >= 4 is 23.8 Å². The summed E-state index contributed by atoms with van der Waals surface area (Å²) in [6.45, 7) is 12.4. The minimum Gasteiger partial charge on any atom is -0.445 e. The van der Waals surface area contributed by atoms with Gasteiger partial charge in [0.25, 0.3) is 0 Å². The third-order valence-electron chi connectivity index (χ3n) is 9.00. The lowest BCUT2D eigenvalue weighted by Gasteiger charge is -2.32. The van der Waals surface area contributed by atoms with Crippen LogP contribution in [0.1, 0.15) is 90.2 Å². The molecule has 0 aromatic heterocycles. The number of carbonyl (C=O) groups excluding carboxylic acids is 4. The summed E-state index contributed by atoms with van der Waals surface area (Å²) in [5.41, 5.74) is 1.89. The van der Waals surface area contributed by atoms with E-state index in [0.717, 1.165) is 36.8 Å². The first kappa shape index (κ1) is 40.3. The number of aliphatic hydroxyl groups excluding tert-OH is 1. The third kappa shape index (κ3) is 14.7. The van der Waals surface area contributed by atoms with E-state index in [2.05, 4.69) is 27.8 Å². The van der Waals surface area contributed by atoms with Crippen molar-refractivity contribution in [1.82, 2.24) is 21.3 Å². The average molecular weight is 691 g/mol. The van der Waals surface area contributed by atoms with Gasteiger partial charge < -0.3 is 31.1 Å². The molecule has 0 spiro atoms. The Morgan fingerprint density at radius 2 is 1.40 bits per heavy atom. The van der Waals surface area contributed by atoms with Gasteiger partial charge in [-0.25, -0.2) is 4.79 Å². The van der Waals surface area contributed by atoms with Gasteiger partial charge in [0.05, 0.1) is 12.1 Å². The number of carbonyl (C=O) groups is 4. The Morgan fingerprint density at radius 3 is 2.00 bits per heavy atom. The van der Waals surface area contributed by atoms with Gasteiger partial charge in [0.15, 0.2) is 0 Å². The van der Waals surface area contributed by atoms with Gasteiger partial charge in [0.2, 0.25) is 17.7 Å². The summed E-state index contributed by atoms with van der Waals surface area (Å²) in [5.74, 6) is -0.618. The van der Waals surface area contributed by atoms with E-state index < -0.39 is 42.1 Å². The number of aliphatic hydroxyl groups is 1. The van der Waals surface area contributed by atoms with Crippen molar-refractivity contribution in [1.29, 1.82) is 0 Å². The second kappa shape index (κ2) is 21.1. The van der Waals surface area contributed by atoms with Gasteiger partial charge in [0.1, 0.15) is 18.7 Å². The van der Waals surface area contributed by atoms with Crippen molar-refractivity contribution in [2.75, 3.05) is 6.54 Å². The molecule has 2 aromatic carbocycles. The second-order valence-electron chi connectivity index (χ2n) is 14.5. The number of amides is 4. The summed E-state index contributed by atoms with van der Waals surface area (Å²) < 4.78 is 5.42. The molecule has 1 aliphatic carbocycles. The molecule has 4 amide bonds. The van der Waals surface area contributed by atoms with Gasteiger partial charge in [-0.3, -0.25) is 14.4 Å². The highest BCUT2D eigenvalue weighted by atomic mass is 16.5. The minimum absolute atomic E-state index is 0.0109. The third-order valence-corrected chi connectivity index (χ3v) is 9.00. The summed E-state index contributed by atoms with van der Waals surface area (Å²) in [7, 11) is 0. The molecule has 274 valence electrons. The number of nitrogens with one attached hydrogen (secondary N) is 4. The van der Waals surface area contributed by atoms with Crippen LogP contribution in [-0.2, 0) is 32.1 Å². The topological polar surface area (TPSA) is 146 Å². The maximum Gasteiger partial charge on any atom is 0.408 e. The largest absolute Gasteiger partial charge is 0.445 e. The van der Waals surface area contributed by atoms with E-state index in [1.165, 1.54) is 6.42 Å². The normalized spacial score (nSPS) is 15.7. The molecule has 50 heavy (non-hydrogen) atoms. The monoisotopic (exact) mass is 690 g/mol. The average Bonchev–Trinajstić information content (AvgIpc) is 3.09. The standard InChI is InChI=1S/C40H58N4O6/c1-27(2)21-34(38(47)42-33(23-30-15-9-6-10-16-30)36(45)22-29(5)37(46)41-25-28(3)4)43-39(48)35(24-31-17-11-7-12-18-31)44-40(49)50-26-32-19-13-8-14-20-32/h7-8,11-14,17-20,27-28,30,33-36,45H,5-6,9-10,15-16,21-26H2,1-4H3,(H,41,46)(H,42,47)(H,43,48)(H,44,49)/t33-,34-,35-,36-/m0/s1. The first-order valence-electron chi connectivity index (χ1n) is 18.2. The second-order valence-corrected chi connectivity index (χ2v) is 14.5. The molecule has 3 rings (SSSR count). The zero-order valence-corrected chi connectivity index (χ0v) is 30.3. The molecule has 4 atom stereocenters. The number of rotatable bonds is 19. The molecule has 0 unspecified atom stereocenters. The van der Waals surface area contributed by atoms with E-state index in [1.807, 2.05) is 88.4 Å². The molecular weight excluding hydrogens is 632 g/mol. The van der Waals surface area contributed by atoms with Gasteiger partial charge in [-0.1, -0.05) is 127 Å². The zero-order chi connectivity index (χ0) is 36.5. The van der Waals surface area contributed by atoms with Gasteiger partial charge >= 0.3 is 6.09 Å². The van der Waals surface area contributed by atoms with Crippen LogP contribution in [0.5, 0.6) is 0 Å². The van der Waals surface area contributed by atoms with E-state index in [9.17, 15) is 24.3 Å². The molecule has 10 nitrogen and oxygen atoms in total. The van der Waals surface area contributed by atoms with Crippen LogP contribution in [0, 0.1) is 17.8 Å². The van der Waals surface area contributed by atoms with Crippen molar-refractivity contribution in [3.63, 3.8) is 0 Å². The Kier molecular flexibility index (Phi) is 17.0. The molecule has 0 bridgehead atoms. The van der Waals surface area contributed by atoms with Gasteiger partial charge in [0, 0.05) is 25.0 Å². The highest BCUT2D eigenvalue weighted by Gasteiger charge is 2.32. The van der Waals surface area contributed by atoms with Crippen molar-refractivity contribution < 1.29 is 29.0 Å². The lowest BCUT2D eigenvalue weighted by molar-refractivity contribution is -0.131. The van der Waals surface area contributed by atoms with E-state index in [0.29, 0.717) is 25.3 Å². The summed E-state index contributed by atoms with van der Waals surface area (Å²) in [5, 5.41) is 22.9. The fraction of sp³-hybridized carbons (Fsp3) is 0.550. The van der Waals surface area contributed by atoms with E-state index >= 15 is 0 Å². The lowest BCUT2D eigenvalue weighted by atomic mass is 9.83. The predicted octanol–water partition coefficient (Wildman–Crippen LogP) is 5.59. The van der Waals surface area contributed by atoms with Crippen molar-refractivity contribution in [3.8, 4) is 0 Å². The molecule has 1 fully saturated rings. The molecular formula is C40H58N4O6. The van der Waals surface area contributed by atoms with Crippen LogP contribution in [-0.4, -0.2) is 59.7 Å². The first-order valence-corrected chi connectivity index (χ1v) is 18.2. The first-order chi connectivity index (χ1) is 23.9. The quantitative estimate of drug-likeness (QED) is 0.122. The van der Waals surface area contributed by atoms with Crippen LogP contribution in [0.2, 0.25) is 0 Å². The van der Waals surface area contributed by atoms with Gasteiger partial charge in [-0.15, -0.1) is 0 Å². The number of benzene rings is 2. The predicted molar refractivity (Wildman–Crippen MR) is 196 cm³/mol. The molecule has 2 aromatic rings.